The van der Waals surface area contributed by atoms with Crippen LogP contribution in [0.4, 0.5) is 15.4 Å². The number of alkyl carbamates (subject to hydrolysis) is 1. The van der Waals surface area contributed by atoms with Crippen LogP contribution in [0.3, 0.4) is 0 Å². The first-order chi connectivity index (χ1) is 16.2. The zero-order valence-electron chi connectivity index (χ0n) is 19.6. The number of amides is 2. The first-order valence-corrected chi connectivity index (χ1v) is 12.4. The smallest absolute Gasteiger partial charge is 0.436 e. The van der Waals surface area contributed by atoms with Crippen molar-refractivity contribution in [3.8, 4) is 0 Å². The first-order valence-electron chi connectivity index (χ1n) is 11.6. The number of rotatable bonds is 7. The second-order valence-corrected chi connectivity index (χ2v) is 10.3. The largest absolute Gasteiger partial charge is 0.448 e. The molecule has 2 amide bonds. The van der Waals surface area contributed by atoms with Crippen LogP contribution < -0.4 is 10.6 Å². The molecule has 2 saturated carbocycles. The highest BCUT2D eigenvalue weighted by Crippen LogP contribution is 2.37. The maximum absolute atomic E-state index is 12.5. The average molecular weight is 491 g/mol. The molecule has 184 valence electrons. The lowest BCUT2D eigenvalue weighted by Crippen LogP contribution is -2.51. The van der Waals surface area contributed by atoms with Crippen molar-refractivity contribution in [2.75, 3.05) is 11.9 Å². The Labute approximate surface area is 201 Å². The molecule has 2 fully saturated rings. The fraction of sp³-hybridized carbons (Fsp3) is 0.636. The summed E-state index contributed by atoms with van der Waals surface area (Å²) < 4.78 is 11.8. The minimum Gasteiger partial charge on any atom is -0.448 e. The summed E-state index contributed by atoms with van der Waals surface area (Å²) in [7, 11) is 0. The molecule has 0 radical (unpaired) electrons. The topological polar surface area (TPSA) is 137 Å². The molecule has 2 atom stereocenters. The highest BCUT2D eigenvalue weighted by atomic mass is 32.1. The molecule has 0 spiro atoms. The van der Waals surface area contributed by atoms with Crippen LogP contribution in [0.15, 0.2) is 6.07 Å². The summed E-state index contributed by atoms with van der Waals surface area (Å²) in [5.41, 5.74) is 0.487. The van der Waals surface area contributed by atoms with Crippen LogP contribution in [0.1, 0.15) is 74.0 Å². The Morgan fingerprint density at radius 3 is 2.71 bits per heavy atom. The fourth-order valence-electron chi connectivity index (χ4n) is 4.32. The lowest BCUT2D eigenvalue weighted by molar-refractivity contribution is -0.115. The molecule has 2 aliphatic rings. The Bertz CT molecular complexity index is 1060. The molecule has 0 aromatic carbocycles. The third-order valence-electron chi connectivity index (χ3n) is 6.25. The van der Waals surface area contributed by atoms with E-state index in [1.165, 1.54) is 11.3 Å². The van der Waals surface area contributed by atoms with Gasteiger partial charge in [-0.05, 0) is 59.3 Å². The van der Waals surface area contributed by atoms with E-state index >= 15 is 0 Å². The molecule has 0 aliphatic heterocycles. The van der Waals surface area contributed by atoms with E-state index in [2.05, 4.69) is 25.9 Å². The summed E-state index contributed by atoms with van der Waals surface area (Å²) in [6.45, 7) is 5.72. The zero-order chi connectivity index (χ0) is 24.3. The standard InChI is InChI=1S/C22H30N6O5S/c1-4-32-21(31)28-17(23-18(29)12-19-26-25-13(2)34-19)11-16(27-28)14-6-7-15(10-14)33-20(30)24-22(3)8-5-9-22/h11,14-15H,4-10,12H2,1-3H3,(H,23,29)(H,24,30)/t14-,15+/m0/s1. The van der Waals surface area contributed by atoms with E-state index in [-0.39, 0.29) is 48.4 Å². The highest BCUT2D eigenvalue weighted by molar-refractivity contribution is 7.11. The van der Waals surface area contributed by atoms with E-state index in [0.717, 1.165) is 35.4 Å². The van der Waals surface area contributed by atoms with Crippen molar-refractivity contribution >= 4 is 35.2 Å². The van der Waals surface area contributed by atoms with Crippen LogP contribution >= 0.6 is 11.3 Å². The molecule has 12 heteroatoms. The summed E-state index contributed by atoms with van der Waals surface area (Å²) >= 11 is 1.34. The molecule has 11 nitrogen and oxygen atoms in total. The Morgan fingerprint density at radius 1 is 1.26 bits per heavy atom. The molecule has 0 saturated heterocycles. The molecular weight excluding hydrogens is 460 g/mol. The predicted octanol–water partition coefficient (Wildman–Crippen LogP) is 3.53. The van der Waals surface area contributed by atoms with Gasteiger partial charge in [-0.2, -0.15) is 5.10 Å². The molecule has 2 aromatic rings. The van der Waals surface area contributed by atoms with E-state index in [4.69, 9.17) is 9.47 Å². The summed E-state index contributed by atoms with van der Waals surface area (Å²) in [5, 5.41) is 19.4. The molecule has 2 aromatic heterocycles. The number of anilines is 1. The molecule has 2 heterocycles. The van der Waals surface area contributed by atoms with Crippen molar-refractivity contribution in [2.24, 2.45) is 0 Å². The summed E-state index contributed by atoms with van der Waals surface area (Å²) in [5.74, 6) is -0.101. The van der Waals surface area contributed by atoms with Crippen molar-refractivity contribution in [1.29, 1.82) is 0 Å². The highest BCUT2D eigenvalue weighted by Gasteiger charge is 2.36. The maximum Gasteiger partial charge on any atom is 0.436 e. The van der Waals surface area contributed by atoms with Gasteiger partial charge in [-0.15, -0.1) is 26.2 Å². The number of aryl methyl sites for hydroxylation is 1. The summed E-state index contributed by atoms with van der Waals surface area (Å²) in [6.07, 6.45) is 3.88. The Hall–Kier alpha value is -3.02. The molecular formula is C22H30N6O5S. The molecule has 34 heavy (non-hydrogen) atoms. The second kappa shape index (κ2) is 10.1. The van der Waals surface area contributed by atoms with E-state index < -0.39 is 6.09 Å². The number of ether oxygens (including phenoxy) is 2. The zero-order valence-corrected chi connectivity index (χ0v) is 20.4. The van der Waals surface area contributed by atoms with Gasteiger partial charge in [0.2, 0.25) is 5.91 Å². The van der Waals surface area contributed by atoms with Crippen LogP contribution in [0.2, 0.25) is 0 Å². The van der Waals surface area contributed by atoms with Crippen LogP contribution in [-0.2, 0) is 20.7 Å². The third kappa shape index (κ3) is 5.72. The normalized spacial score (nSPS) is 20.9. The van der Waals surface area contributed by atoms with Gasteiger partial charge in [0.05, 0.1) is 18.7 Å². The van der Waals surface area contributed by atoms with Crippen LogP contribution in [0.25, 0.3) is 0 Å². The van der Waals surface area contributed by atoms with Crippen LogP contribution in [0, 0.1) is 6.92 Å². The molecule has 2 aliphatic carbocycles. The third-order valence-corrected chi connectivity index (χ3v) is 7.09. The first kappa shape index (κ1) is 24.1. The van der Waals surface area contributed by atoms with Crippen molar-refractivity contribution in [3.05, 3.63) is 21.8 Å². The van der Waals surface area contributed by atoms with E-state index in [1.54, 1.807) is 13.0 Å². The number of hydrogen-bond acceptors (Lipinski definition) is 9. The van der Waals surface area contributed by atoms with Gasteiger partial charge in [0.25, 0.3) is 0 Å². The molecule has 0 unspecified atom stereocenters. The number of nitrogens with one attached hydrogen (secondary N) is 2. The van der Waals surface area contributed by atoms with Crippen molar-refractivity contribution < 1.29 is 23.9 Å². The Morgan fingerprint density at radius 2 is 2.06 bits per heavy atom. The number of aromatic nitrogens is 4. The van der Waals surface area contributed by atoms with Crippen molar-refractivity contribution in [1.82, 2.24) is 25.3 Å². The lowest BCUT2D eigenvalue weighted by atomic mass is 9.79. The minimum absolute atomic E-state index is 0.00534. The van der Waals surface area contributed by atoms with E-state index in [1.807, 2.05) is 13.8 Å². The summed E-state index contributed by atoms with van der Waals surface area (Å²) in [4.78, 5) is 37.3. The summed E-state index contributed by atoms with van der Waals surface area (Å²) in [6, 6.07) is 1.68. The van der Waals surface area contributed by atoms with E-state index in [9.17, 15) is 14.4 Å². The van der Waals surface area contributed by atoms with Gasteiger partial charge in [0.15, 0.2) is 0 Å². The second-order valence-electron chi connectivity index (χ2n) is 9.08. The Kier molecular flexibility index (Phi) is 7.15. The number of carbonyl (C=O) groups is 3. The molecule has 4 rings (SSSR count). The van der Waals surface area contributed by atoms with Gasteiger partial charge in [-0.3, -0.25) is 4.79 Å². The van der Waals surface area contributed by atoms with Gasteiger partial charge < -0.3 is 20.1 Å². The minimum atomic E-state index is -0.672. The maximum atomic E-state index is 12.5. The van der Waals surface area contributed by atoms with Gasteiger partial charge in [-0.1, -0.05) is 0 Å². The number of nitrogens with zero attached hydrogens (tertiary/aromatic N) is 4. The monoisotopic (exact) mass is 490 g/mol. The van der Waals surface area contributed by atoms with Crippen LogP contribution in [0.5, 0.6) is 0 Å². The molecule has 2 N–H and O–H groups in total. The quantitative estimate of drug-likeness (QED) is 0.601. The average Bonchev–Trinajstić information content (AvgIpc) is 3.47. The van der Waals surface area contributed by atoms with Crippen molar-refractivity contribution in [2.45, 2.75) is 83.3 Å². The van der Waals surface area contributed by atoms with Crippen LogP contribution in [-0.4, -0.2) is 56.3 Å². The lowest BCUT2D eigenvalue weighted by Gasteiger charge is -2.38. The number of hydrogen-bond donors (Lipinski definition) is 2. The van der Waals surface area contributed by atoms with Gasteiger partial charge >= 0.3 is 12.2 Å². The van der Waals surface area contributed by atoms with E-state index in [0.29, 0.717) is 23.5 Å². The Balaban J connectivity index is 1.40. The predicted molar refractivity (Wildman–Crippen MR) is 124 cm³/mol. The fourth-order valence-corrected chi connectivity index (χ4v) is 5.03. The van der Waals surface area contributed by atoms with Gasteiger partial charge in [0, 0.05) is 17.5 Å². The number of carbonyl (C=O) groups excluding carboxylic acids is 3. The van der Waals surface area contributed by atoms with Crippen molar-refractivity contribution in [3.63, 3.8) is 0 Å². The SMILES string of the molecule is CCOC(=O)n1nc([C@H]2CC[C@@H](OC(=O)NC3(C)CCC3)C2)cc1NC(=O)Cc1nnc(C)s1. The van der Waals surface area contributed by atoms with Gasteiger partial charge in [0.1, 0.15) is 21.9 Å². The molecule has 0 bridgehead atoms. The van der Waals surface area contributed by atoms with Gasteiger partial charge in [-0.25, -0.2) is 9.59 Å².